The van der Waals surface area contributed by atoms with Crippen LogP contribution in [0.25, 0.3) is 10.4 Å². The van der Waals surface area contributed by atoms with E-state index >= 15 is 0 Å². The molecule has 3 rings (SSSR count). The number of thiazole rings is 1. The van der Waals surface area contributed by atoms with E-state index in [4.69, 9.17) is 5.26 Å². The molecule has 1 aliphatic heterocycles. The Morgan fingerprint density at radius 1 is 1.48 bits per heavy atom. The van der Waals surface area contributed by atoms with Gasteiger partial charge in [-0.2, -0.15) is 5.26 Å². The molecule has 1 unspecified atom stereocenters. The van der Waals surface area contributed by atoms with Gasteiger partial charge < -0.3 is 4.90 Å². The number of nitrogens with zero attached hydrogens (tertiary/aromatic N) is 4. The molecule has 1 aliphatic rings. The Bertz CT molecular complexity index is 757. The van der Waals surface area contributed by atoms with E-state index in [0.29, 0.717) is 5.13 Å². The molecule has 1 atom stereocenters. The number of carbonyl (C=O) groups excluding carboxylic acids is 1. The topological polar surface area (TPSA) is 60.2 Å². The van der Waals surface area contributed by atoms with E-state index in [-0.39, 0.29) is 19.5 Å². The molecular formula is C16H15FN4OS. The first-order chi connectivity index (χ1) is 11.0. The summed E-state index contributed by atoms with van der Waals surface area (Å²) < 4.78 is 14.8. The van der Waals surface area contributed by atoms with Crippen molar-refractivity contribution in [3.05, 3.63) is 36.5 Å². The summed E-state index contributed by atoms with van der Waals surface area (Å²) in [4.78, 5) is 20.1. The van der Waals surface area contributed by atoms with Gasteiger partial charge in [-0.15, -0.1) is 0 Å². The molecule has 1 amide bonds. The van der Waals surface area contributed by atoms with Crippen LogP contribution in [0, 0.1) is 11.5 Å². The largest absolute Gasteiger partial charge is 0.307 e. The van der Waals surface area contributed by atoms with Gasteiger partial charge in [-0.05, 0) is 5.56 Å². The van der Waals surface area contributed by atoms with Gasteiger partial charge in [-0.1, -0.05) is 41.7 Å². The van der Waals surface area contributed by atoms with Crippen molar-refractivity contribution < 1.29 is 9.18 Å². The van der Waals surface area contributed by atoms with Crippen molar-refractivity contribution in [3.63, 3.8) is 0 Å². The predicted molar refractivity (Wildman–Crippen MR) is 86.6 cm³/mol. The Morgan fingerprint density at radius 2 is 2.22 bits per heavy atom. The Balaban J connectivity index is 1.79. The smallest absolute Gasteiger partial charge is 0.268 e. The van der Waals surface area contributed by atoms with Crippen LogP contribution in [0.3, 0.4) is 0 Å². The minimum Gasteiger partial charge on any atom is -0.307 e. The number of amides is 1. The zero-order valence-corrected chi connectivity index (χ0v) is 13.4. The Hall–Kier alpha value is -2.46. The van der Waals surface area contributed by atoms with Gasteiger partial charge in [0.1, 0.15) is 0 Å². The highest BCUT2D eigenvalue weighted by atomic mass is 32.1. The average Bonchev–Trinajstić information content (AvgIpc) is 3.22. The van der Waals surface area contributed by atoms with Crippen LogP contribution in [0.2, 0.25) is 0 Å². The fourth-order valence-electron chi connectivity index (χ4n) is 2.58. The van der Waals surface area contributed by atoms with E-state index in [1.807, 2.05) is 36.5 Å². The van der Waals surface area contributed by atoms with Gasteiger partial charge in [0.15, 0.2) is 11.3 Å². The molecule has 1 fully saturated rings. The minimum absolute atomic E-state index is 0.0284. The fourth-order valence-corrected chi connectivity index (χ4v) is 3.46. The van der Waals surface area contributed by atoms with Crippen molar-refractivity contribution in [2.24, 2.45) is 0 Å². The number of nitriles is 1. The van der Waals surface area contributed by atoms with Gasteiger partial charge in [0, 0.05) is 26.2 Å². The van der Waals surface area contributed by atoms with E-state index in [2.05, 4.69) is 4.98 Å². The van der Waals surface area contributed by atoms with Crippen LogP contribution in [0.4, 0.5) is 9.52 Å². The Morgan fingerprint density at radius 3 is 2.87 bits per heavy atom. The average molecular weight is 330 g/mol. The van der Waals surface area contributed by atoms with Crippen LogP contribution in [0.1, 0.15) is 6.42 Å². The first kappa shape index (κ1) is 15.4. The second-order valence-electron chi connectivity index (χ2n) is 5.47. The Kier molecular flexibility index (Phi) is 4.01. The number of likely N-dealkylation sites (tertiary alicyclic amines) is 1. The van der Waals surface area contributed by atoms with Gasteiger partial charge in [0.25, 0.3) is 5.91 Å². The zero-order valence-electron chi connectivity index (χ0n) is 12.6. The van der Waals surface area contributed by atoms with Crippen LogP contribution in [-0.2, 0) is 4.79 Å². The number of aromatic nitrogens is 1. The molecule has 23 heavy (non-hydrogen) atoms. The number of rotatable bonds is 3. The molecule has 2 heterocycles. The molecule has 0 radical (unpaired) electrons. The number of carbonyl (C=O) groups is 1. The third-order valence-electron chi connectivity index (χ3n) is 3.89. The molecule has 0 N–H and O–H groups in total. The van der Waals surface area contributed by atoms with Crippen molar-refractivity contribution in [1.82, 2.24) is 9.88 Å². The maximum Gasteiger partial charge on any atom is 0.268 e. The molecule has 1 aromatic heterocycles. The molecule has 0 saturated carbocycles. The van der Waals surface area contributed by atoms with Crippen molar-refractivity contribution >= 4 is 22.4 Å². The summed E-state index contributed by atoms with van der Waals surface area (Å²) in [6.45, 7) is 0.0727. The second kappa shape index (κ2) is 5.97. The number of hydrogen-bond acceptors (Lipinski definition) is 5. The van der Waals surface area contributed by atoms with Gasteiger partial charge >= 0.3 is 0 Å². The van der Waals surface area contributed by atoms with E-state index < -0.39 is 11.6 Å². The number of hydrogen-bond donors (Lipinski definition) is 0. The maximum absolute atomic E-state index is 14.8. The lowest BCUT2D eigenvalue weighted by Gasteiger charge is -2.23. The lowest BCUT2D eigenvalue weighted by atomic mass is 10.0. The van der Waals surface area contributed by atoms with Crippen LogP contribution < -0.4 is 4.90 Å². The first-order valence-electron chi connectivity index (χ1n) is 7.16. The standard InChI is InChI=1S/C16H15FN4OS/c1-20(14(22)16(17)7-8-21(10-16)11-18)15-19-9-13(23-15)12-5-3-2-4-6-12/h2-6,9H,7-8,10H2,1H3. The van der Waals surface area contributed by atoms with Crippen LogP contribution >= 0.6 is 11.3 Å². The summed E-state index contributed by atoms with van der Waals surface area (Å²) in [6, 6.07) is 9.69. The number of benzene rings is 1. The third-order valence-corrected chi connectivity index (χ3v) is 5.01. The highest BCUT2D eigenvalue weighted by Crippen LogP contribution is 2.33. The van der Waals surface area contributed by atoms with Crippen molar-refractivity contribution in [3.8, 4) is 16.6 Å². The number of anilines is 1. The first-order valence-corrected chi connectivity index (χ1v) is 7.98. The van der Waals surface area contributed by atoms with E-state index in [1.165, 1.54) is 28.2 Å². The SMILES string of the molecule is CN(C(=O)C1(F)CCN(C#N)C1)c1ncc(-c2ccccc2)s1. The highest BCUT2D eigenvalue weighted by molar-refractivity contribution is 7.19. The van der Waals surface area contributed by atoms with Gasteiger partial charge in [-0.3, -0.25) is 9.69 Å². The van der Waals surface area contributed by atoms with Gasteiger partial charge in [0.2, 0.25) is 5.67 Å². The molecule has 0 bridgehead atoms. The molecular weight excluding hydrogens is 315 g/mol. The van der Waals surface area contributed by atoms with Crippen molar-refractivity contribution in [1.29, 1.82) is 5.26 Å². The summed E-state index contributed by atoms with van der Waals surface area (Å²) in [5, 5.41) is 9.28. The lowest BCUT2D eigenvalue weighted by Crippen LogP contribution is -2.46. The molecule has 1 saturated heterocycles. The molecule has 0 spiro atoms. The van der Waals surface area contributed by atoms with Crippen LogP contribution in [-0.4, -0.2) is 41.6 Å². The third kappa shape index (κ3) is 2.90. The Labute approximate surface area is 137 Å². The normalized spacial score (nSPS) is 20.3. The summed E-state index contributed by atoms with van der Waals surface area (Å²) in [5.74, 6) is -0.649. The molecule has 2 aromatic rings. The highest BCUT2D eigenvalue weighted by Gasteiger charge is 2.47. The van der Waals surface area contributed by atoms with Gasteiger partial charge in [-0.25, -0.2) is 9.37 Å². The molecule has 5 nitrogen and oxygen atoms in total. The molecule has 118 valence electrons. The summed E-state index contributed by atoms with van der Waals surface area (Å²) in [5.41, 5.74) is -1.02. The summed E-state index contributed by atoms with van der Waals surface area (Å²) >= 11 is 1.34. The fraction of sp³-hybridized carbons (Fsp3) is 0.312. The van der Waals surface area contributed by atoms with Crippen LogP contribution in [0.5, 0.6) is 0 Å². The van der Waals surface area contributed by atoms with Gasteiger partial charge in [0.05, 0.1) is 11.4 Å². The minimum atomic E-state index is -2.02. The number of alkyl halides is 1. The van der Waals surface area contributed by atoms with Crippen molar-refractivity contribution in [2.45, 2.75) is 12.1 Å². The van der Waals surface area contributed by atoms with Crippen LogP contribution in [0.15, 0.2) is 36.5 Å². The molecule has 7 heteroatoms. The van der Waals surface area contributed by atoms with E-state index in [1.54, 1.807) is 6.20 Å². The second-order valence-corrected chi connectivity index (χ2v) is 6.48. The number of halogens is 1. The lowest BCUT2D eigenvalue weighted by molar-refractivity contribution is -0.128. The molecule has 0 aliphatic carbocycles. The zero-order chi connectivity index (χ0) is 16.4. The van der Waals surface area contributed by atoms with E-state index in [0.717, 1.165) is 10.4 Å². The summed E-state index contributed by atoms with van der Waals surface area (Å²) in [6.07, 6.45) is 3.60. The van der Waals surface area contributed by atoms with Crippen molar-refractivity contribution in [2.75, 3.05) is 25.0 Å². The predicted octanol–water partition coefficient (Wildman–Crippen LogP) is 2.67. The summed E-state index contributed by atoms with van der Waals surface area (Å²) in [7, 11) is 1.52. The molecule has 1 aromatic carbocycles. The monoisotopic (exact) mass is 330 g/mol. The quantitative estimate of drug-likeness (QED) is 0.812. The van der Waals surface area contributed by atoms with E-state index in [9.17, 15) is 9.18 Å². The maximum atomic E-state index is 14.8.